The topological polar surface area (TPSA) is 76.5 Å². The van der Waals surface area contributed by atoms with Crippen LogP contribution in [0.25, 0.3) is 20.7 Å². The fraction of sp³-hybridized carbons (Fsp3) is 0.320. The number of hydrogen-bond donors (Lipinski definition) is 1. The molecule has 1 N–H and O–H groups in total. The lowest BCUT2D eigenvalue weighted by Gasteiger charge is -2.27. The zero-order valence-corrected chi connectivity index (χ0v) is 20.6. The van der Waals surface area contributed by atoms with Crippen LogP contribution in [0.4, 0.5) is 5.69 Å². The van der Waals surface area contributed by atoms with Crippen molar-refractivity contribution >= 4 is 44.5 Å². The van der Waals surface area contributed by atoms with Crippen molar-refractivity contribution in [3.63, 3.8) is 0 Å². The second-order valence-electron chi connectivity index (χ2n) is 8.31. The third kappa shape index (κ3) is 4.64. The van der Waals surface area contributed by atoms with Crippen LogP contribution in [-0.2, 0) is 17.9 Å². The molecule has 1 fully saturated rings. The molecule has 4 heterocycles. The lowest BCUT2D eigenvalue weighted by molar-refractivity contribution is -0.116. The fourth-order valence-electron chi connectivity index (χ4n) is 4.36. The van der Waals surface area contributed by atoms with Crippen molar-refractivity contribution < 1.29 is 9.53 Å². The first-order valence-corrected chi connectivity index (χ1v) is 13.1. The zero-order chi connectivity index (χ0) is 23.5. The molecule has 0 unspecified atom stereocenters. The number of fused-ring (bicyclic) bond motifs is 1. The van der Waals surface area contributed by atoms with Gasteiger partial charge >= 0.3 is 0 Å². The minimum atomic E-state index is -0.291. The molecular formula is C25H26N4O3S2. The average molecular weight is 495 g/mol. The Morgan fingerprint density at radius 1 is 1.12 bits per heavy atom. The molecule has 34 heavy (non-hydrogen) atoms. The van der Waals surface area contributed by atoms with E-state index in [2.05, 4.69) is 10.2 Å². The summed E-state index contributed by atoms with van der Waals surface area (Å²) in [6.45, 7) is 2.40. The number of para-hydroxylation sites is 2. The summed E-state index contributed by atoms with van der Waals surface area (Å²) in [5.74, 6) is 0.915. The fourth-order valence-corrected chi connectivity index (χ4v) is 6.13. The maximum atomic E-state index is 13.8. The molecule has 1 saturated heterocycles. The van der Waals surface area contributed by atoms with Crippen molar-refractivity contribution in [3.8, 4) is 16.2 Å². The highest BCUT2D eigenvalue weighted by Gasteiger charge is 2.21. The Morgan fingerprint density at radius 3 is 2.71 bits per heavy atom. The summed E-state index contributed by atoms with van der Waals surface area (Å²) in [5, 5.41) is 7.47. The minimum absolute atomic E-state index is 0.108. The van der Waals surface area contributed by atoms with Crippen LogP contribution in [0.1, 0.15) is 25.1 Å². The molecule has 7 nitrogen and oxygen atoms in total. The number of ether oxygens (including phenoxy) is 1. The molecular weight excluding hydrogens is 468 g/mol. The summed E-state index contributed by atoms with van der Waals surface area (Å²) < 4.78 is 6.90. The van der Waals surface area contributed by atoms with Gasteiger partial charge in [0.25, 0.3) is 5.56 Å². The van der Waals surface area contributed by atoms with Crippen LogP contribution in [-0.4, -0.2) is 40.6 Å². The molecule has 176 valence electrons. The molecule has 1 aliphatic heterocycles. The van der Waals surface area contributed by atoms with Gasteiger partial charge in [-0.15, -0.1) is 22.7 Å². The normalized spacial score (nSPS) is 14.4. The van der Waals surface area contributed by atoms with E-state index in [0.717, 1.165) is 41.2 Å². The first kappa shape index (κ1) is 22.8. The number of aromatic nitrogens is 2. The standard InChI is InChI=1S/C25H26N4O3S2/c1-32-19-9-4-3-8-18(19)26-22(30)15-29-21(14-28-11-5-2-6-12-28)27-24-23(25(29)31)17(16-34-24)20-10-7-13-33-20/h3-4,7-10,13,16H,2,5-6,11-12,14-15H2,1H3,(H,26,30). The molecule has 0 atom stereocenters. The van der Waals surface area contributed by atoms with Crippen molar-refractivity contribution in [1.82, 2.24) is 14.5 Å². The van der Waals surface area contributed by atoms with E-state index in [1.807, 2.05) is 35.0 Å². The number of carbonyl (C=O) groups excluding carboxylic acids is 1. The summed E-state index contributed by atoms with van der Waals surface area (Å²) in [4.78, 5) is 35.8. The van der Waals surface area contributed by atoms with Gasteiger partial charge in [-0.25, -0.2) is 4.98 Å². The first-order valence-electron chi connectivity index (χ1n) is 11.3. The van der Waals surface area contributed by atoms with Gasteiger partial charge in [-0.3, -0.25) is 19.1 Å². The molecule has 1 aromatic carbocycles. The molecule has 0 bridgehead atoms. The number of thiophene rings is 2. The lowest BCUT2D eigenvalue weighted by Crippen LogP contribution is -2.36. The maximum Gasteiger partial charge on any atom is 0.263 e. The van der Waals surface area contributed by atoms with Gasteiger partial charge in [0.15, 0.2) is 0 Å². The van der Waals surface area contributed by atoms with Crippen LogP contribution in [0.2, 0.25) is 0 Å². The van der Waals surface area contributed by atoms with E-state index in [-0.39, 0.29) is 18.0 Å². The summed E-state index contributed by atoms with van der Waals surface area (Å²) in [6, 6.07) is 11.2. The summed E-state index contributed by atoms with van der Waals surface area (Å²) >= 11 is 3.08. The quantitative estimate of drug-likeness (QED) is 0.399. The SMILES string of the molecule is COc1ccccc1NC(=O)Cn1c(CN2CCCCC2)nc2scc(-c3cccs3)c2c1=O. The van der Waals surface area contributed by atoms with E-state index < -0.39 is 0 Å². The number of anilines is 1. The van der Waals surface area contributed by atoms with Gasteiger partial charge in [0.1, 0.15) is 22.9 Å². The second kappa shape index (κ2) is 10.1. The number of nitrogens with one attached hydrogen (secondary N) is 1. The Bertz CT molecular complexity index is 1350. The number of hydrogen-bond acceptors (Lipinski definition) is 7. The number of likely N-dealkylation sites (tertiary alicyclic amines) is 1. The molecule has 9 heteroatoms. The number of amides is 1. The number of piperidine rings is 1. The van der Waals surface area contributed by atoms with Crippen molar-refractivity contribution in [2.24, 2.45) is 0 Å². The van der Waals surface area contributed by atoms with Crippen molar-refractivity contribution in [2.75, 3.05) is 25.5 Å². The van der Waals surface area contributed by atoms with E-state index in [4.69, 9.17) is 9.72 Å². The number of carbonyl (C=O) groups is 1. The molecule has 0 aliphatic carbocycles. The number of benzene rings is 1. The lowest BCUT2D eigenvalue weighted by atomic mass is 10.1. The highest BCUT2D eigenvalue weighted by molar-refractivity contribution is 7.18. The minimum Gasteiger partial charge on any atom is -0.495 e. The molecule has 4 aromatic rings. The van der Waals surface area contributed by atoms with Crippen LogP contribution in [0.5, 0.6) is 5.75 Å². The van der Waals surface area contributed by atoms with Crippen LogP contribution >= 0.6 is 22.7 Å². The van der Waals surface area contributed by atoms with Gasteiger partial charge in [0, 0.05) is 15.8 Å². The van der Waals surface area contributed by atoms with Gasteiger partial charge in [-0.1, -0.05) is 24.6 Å². The smallest absolute Gasteiger partial charge is 0.263 e. The molecule has 0 saturated carbocycles. The van der Waals surface area contributed by atoms with E-state index in [1.54, 1.807) is 35.1 Å². The molecule has 0 spiro atoms. The largest absolute Gasteiger partial charge is 0.495 e. The highest BCUT2D eigenvalue weighted by atomic mass is 32.1. The third-order valence-corrected chi connectivity index (χ3v) is 7.83. The van der Waals surface area contributed by atoms with E-state index >= 15 is 0 Å². The summed E-state index contributed by atoms with van der Waals surface area (Å²) in [6.07, 6.45) is 3.51. The Hall–Kier alpha value is -3.01. The third-order valence-electron chi connectivity index (χ3n) is 6.06. The van der Waals surface area contributed by atoms with E-state index in [9.17, 15) is 9.59 Å². The molecule has 3 aromatic heterocycles. The van der Waals surface area contributed by atoms with E-state index in [0.29, 0.717) is 29.2 Å². The first-order chi connectivity index (χ1) is 16.6. The van der Waals surface area contributed by atoms with Crippen LogP contribution in [0, 0.1) is 0 Å². The van der Waals surface area contributed by atoms with Crippen molar-refractivity contribution in [2.45, 2.75) is 32.4 Å². The van der Waals surface area contributed by atoms with Crippen LogP contribution in [0.3, 0.4) is 0 Å². The molecule has 1 amide bonds. The van der Waals surface area contributed by atoms with Gasteiger partial charge in [0.2, 0.25) is 5.91 Å². The maximum absolute atomic E-state index is 13.8. The van der Waals surface area contributed by atoms with Gasteiger partial charge in [0.05, 0.1) is 24.7 Å². The second-order valence-corrected chi connectivity index (χ2v) is 10.1. The summed E-state index contributed by atoms with van der Waals surface area (Å²) in [7, 11) is 1.56. The van der Waals surface area contributed by atoms with E-state index in [1.165, 1.54) is 17.8 Å². The zero-order valence-electron chi connectivity index (χ0n) is 19.0. The van der Waals surface area contributed by atoms with Gasteiger partial charge in [-0.05, 0) is 49.5 Å². The van der Waals surface area contributed by atoms with Crippen LogP contribution in [0.15, 0.2) is 52.0 Å². The van der Waals surface area contributed by atoms with Crippen molar-refractivity contribution in [3.05, 3.63) is 63.3 Å². The number of nitrogens with zero attached hydrogens (tertiary/aromatic N) is 3. The average Bonchev–Trinajstić information content (AvgIpc) is 3.52. The Morgan fingerprint density at radius 2 is 1.94 bits per heavy atom. The monoisotopic (exact) mass is 494 g/mol. The van der Waals surface area contributed by atoms with Gasteiger partial charge < -0.3 is 10.1 Å². The van der Waals surface area contributed by atoms with Crippen molar-refractivity contribution in [1.29, 1.82) is 0 Å². The number of methoxy groups -OCH3 is 1. The molecule has 5 rings (SSSR count). The van der Waals surface area contributed by atoms with Crippen LogP contribution < -0.4 is 15.6 Å². The molecule has 0 radical (unpaired) electrons. The number of rotatable bonds is 7. The summed E-state index contributed by atoms with van der Waals surface area (Å²) in [5.41, 5.74) is 1.29. The predicted molar refractivity (Wildman–Crippen MR) is 138 cm³/mol. The Labute approximate surface area is 205 Å². The van der Waals surface area contributed by atoms with Gasteiger partial charge in [-0.2, -0.15) is 0 Å². The Balaban J connectivity index is 1.53. The highest BCUT2D eigenvalue weighted by Crippen LogP contribution is 2.34. The predicted octanol–water partition coefficient (Wildman–Crippen LogP) is 4.82. The Kier molecular flexibility index (Phi) is 6.75. The molecule has 1 aliphatic rings.